The molecule has 4 rings (SSSR count). The molecule has 0 aliphatic heterocycles. The fourth-order valence-corrected chi connectivity index (χ4v) is 3.92. The molecule has 126 valence electrons. The van der Waals surface area contributed by atoms with Crippen LogP contribution in [0.2, 0.25) is 0 Å². The molecular formula is C16H14N6OS2. The summed E-state index contributed by atoms with van der Waals surface area (Å²) in [5.41, 5.74) is 2.20. The lowest BCUT2D eigenvalue weighted by Crippen LogP contribution is -2.16. The van der Waals surface area contributed by atoms with Gasteiger partial charge in [0.1, 0.15) is 5.65 Å². The minimum Gasteiger partial charge on any atom is -0.335 e. The molecule has 0 saturated heterocycles. The summed E-state index contributed by atoms with van der Waals surface area (Å²) < 4.78 is 3.01. The van der Waals surface area contributed by atoms with Crippen molar-refractivity contribution in [1.82, 2.24) is 24.3 Å². The zero-order chi connectivity index (χ0) is 17.4. The Labute approximate surface area is 151 Å². The SMILES string of the molecule is Cc1cccn2c(=O)cc(CSc3nnc(-c4cccs4)n3N)nc12. The van der Waals surface area contributed by atoms with Crippen LogP contribution in [-0.4, -0.2) is 24.3 Å². The Balaban J connectivity index is 1.61. The minimum absolute atomic E-state index is 0.0993. The lowest BCUT2D eigenvalue weighted by molar-refractivity contribution is 0.849. The molecule has 25 heavy (non-hydrogen) atoms. The Kier molecular flexibility index (Phi) is 4.02. The van der Waals surface area contributed by atoms with Gasteiger partial charge in [0.25, 0.3) is 5.56 Å². The van der Waals surface area contributed by atoms with E-state index in [1.54, 1.807) is 21.9 Å². The summed E-state index contributed by atoms with van der Waals surface area (Å²) in [6.45, 7) is 1.93. The summed E-state index contributed by atoms with van der Waals surface area (Å²) in [7, 11) is 0. The second kappa shape index (κ2) is 6.34. The number of thioether (sulfide) groups is 1. The Hall–Kier alpha value is -2.65. The zero-order valence-electron chi connectivity index (χ0n) is 13.3. The van der Waals surface area contributed by atoms with Crippen molar-refractivity contribution in [3.8, 4) is 10.7 Å². The van der Waals surface area contributed by atoms with E-state index in [0.29, 0.717) is 28.1 Å². The third-order valence-corrected chi connectivity index (χ3v) is 5.54. The van der Waals surface area contributed by atoms with Gasteiger partial charge in [0.15, 0.2) is 5.82 Å². The number of nitrogens with two attached hydrogens (primary N) is 1. The number of hydrogen-bond donors (Lipinski definition) is 1. The van der Waals surface area contributed by atoms with Crippen LogP contribution in [0.25, 0.3) is 16.3 Å². The van der Waals surface area contributed by atoms with Crippen LogP contribution in [0, 0.1) is 6.92 Å². The van der Waals surface area contributed by atoms with Gasteiger partial charge >= 0.3 is 0 Å². The predicted molar refractivity (Wildman–Crippen MR) is 99.2 cm³/mol. The molecule has 0 aliphatic carbocycles. The van der Waals surface area contributed by atoms with E-state index < -0.39 is 0 Å². The standard InChI is InChI=1S/C16H14N6OS2/c1-10-4-2-6-21-13(23)8-11(18-14(10)21)9-25-16-20-19-15(22(16)17)12-5-3-7-24-12/h2-8H,9,17H2,1H3. The van der Waals surface area contributed by atoms with Gasteiger partial charge in [-0.2, -0.15) is 0 Å². The lowest BCUT2D eigenvalue weighted by Gasteiger charge is -2.06. The highest BCUT2D eigenvalue weighted by atomic mass is 32.2. The first-order chi connectivity index (χ1) is 12.1. The van der Waals surface area contributed by atoms with Crippen molar-refractivity contribution in [2.24, 2.45) is 0 Å². The third kappa shape index (κ3) is 2.92. The molecule has 0 fully saturated rings. The molecule has 4 heterocycles. The fourth-order valence-electron chi connectivity index (χ4n) is 2.47. The second-order valence-electron chi connectivity index (χ2n) is 5.41. The minimum atomic E-state index is -0.0993. The molecule has 0 aliphatic rings. The maximum atomic E-state index is 12.2. The number of thiophene rings is 1. The van der Waals surface area contributed by atoms with Crippen LogP contribution >= 0.6 is 23.1 Å². The van der Waals surface area contributed by atoms with Gasteiger partial charge in [-0.25, -0.2) is 9.66 Å². The van der Waals surface area contributed by atoms with Gasteiger partial charge in [-0.3, -0.25) is 9.20 Å². The molecule has 0 aromatic carbocycles. The highest BCUT2D eigenvalue weighted by molar-refractivity contribution is 7.98. The molecule has 9 heteroatoms. The summed E-state index contributed by atoms with van der Waals surface area (Å²) >= 11 is 2.95. The van der Waals surface area contributed by atoms with Crippen molar-refractivity contribution in [3.63, 3.8) is 0 Å². The largest absolute Gasteiger partial charge is 0.335 e. The number of rotatable bonds is 4. The molecule has 0 radical (unpaired) electrons. The van der Waals surface area contributed by atoms with Crippen LogP contribution in [0.5, 0.6) is 0 Å². The molecule has 0 unspecified atom stereocenters. The molecule has 0 amide bonds. The molecule has 4 aromatic rings. The molecule has 0 bridgehead atoms. The number of pyridine rings is 1. The fraction of sp³-hybridized carbons (Fsp3) is 0.125. The van der Waals surface area contributed by atoms with Crippen LogP contribution in [0.1, 0.15) is 11.3 Å². The van der Waals surface area contributed by atoms with E-state index >= 15 is 0 Å². The van der Waals surface area contributed by atoms with E-state index in [4.69, 9.17) is 5.84 Å². The third-order valence-electron chi connectivity index (χ3n) is 3.69. The van der Waals surface area contributed by atoms with Crippen molar-refractivity contribution < 1.29 is 0 Å². The van der Waals surface area contributed by atoms with E-state index in [2.05, 4.69) is 15.2 Å². The van der Waals surface area contributed by atoms with E-state index in [1.807, 2.05) is 36.6 Å². The van der Waals surface area contributed by atoms with Crippen LogP contribution in [0.15, 0.2) is 51.9 Å². The summed E-state index contributed by atoms with van der Waals surface area (Å²) in [4.78, 5) is 17.8. The van der Waals surface area contributed by atoms with Gasteiger partial charge in [0.2, 0.25) is 5.16 Å². The molecule has 2 N–H and O–H groups in total. The smallest absolute Gasteiger partial charge is 0.258 e. The first-order valence-electron chi connectivity index (χ1n) is 7.48. The number of hydrogen-bond acceptors (Lipinski definition) is 7. The van der Waals surface area contributed by atoms with Crippen molar-refractivity contribution >= 4 is 28.7 Å². The number of aryl methyl sites for hydroxylation is 1. The maximum Gasteiger partial charge on any atom is 0.258 e. The van der Waals surface area contributed by atoms with E-state index in [0.717, 1.165) is 10.4 Å². The second-order valence-corrected chi connectivity index (χ2v) is 7.30. The summed E-state index contributed by atoms with van der Waals surface area (Å²) in [5.74, 6) is 7.21. The first-order valence-corrected chi connectivity index (χ1v) is 9.35. The Morgan fingerprint density at radius 1 is 1.28 bits per heavy atom. The monoisotopic (exact) mass is 370 g/mol. The van der Waals surface area contributed by atoms with Crippen molar-refractivity contribution in [2.75, 3.05) is 5.84 Å². The first kappa shape index (κ1) is 15.9. The highest BCUT2D eigenvalue weighted by Crippen LogP contribution is 2.26. The lowest BCUT2D eigenvalue weighted by atomic mass is 10.3. The molecular weight excluding hydrogens is 356 g/mol. The van der Waals surface area contributed by atoms with Gasteiger partial charge in [0, 0.05) is 18.0 Å². The van der Waals surface area contributed by atoms with Gasteiger partial charge in [-0.1, -0.05) is 23.9 Å². The summed E-state index contributed by atoms with van der Waals surface area (Å²) in [5, 5.41) is 10.8. The van der Waals surface area contributed by atoms with Crippen LogP contribution in [0.3, 0.4) is 0 Å². The van der Waals surface area contributed by atoms with Crippen LogP contribution in [-0.2, 0) is 5.75 Å². The number of fused-ring (bicyclic) bond motifs is 1. The number of nitrogens with zero attached hydrogens (tertiary/aromatic N) is 5. The van der Waals surface area contributed by atoms with Gasteiger partial charge in [-0.05, 0) is 30.0 Å². The van der Waals surface area contributed by atoms with Crippen LogP contribution in [0.4, 0.5) is 0 Å². The Morgan fingerprint density at radius 3 is 2.96 bits per heavy atom. The van der Waals surface area contributed by atoms with Crippen molar-refractivity contribution in [2.45, 2.75) is 17.8 Å². The Morgan fingerprint density at radius 2 is 2.16 bits per heavy atom. The average Bonchev–Trinajstić information content (AvgIpc) is 3.24. The maximum absolute atomic E-state index is 12.2. The predicted octanol–water partition coefficient (Wildman–Crippen LogP) is 2.33. The van der Waals surface area contributed by atoms with Gasteiger partial charge in [0.05, 0.1) is 10.6 Å². The highest BCUT2D eigenvalue weighted by Gasteiger charge is 2.14. The molecule has 0 spiro atoms. The number of nitrogen functional groups attached to an aromatic ring is 1. The van der Waals surface area contributed by atoms with E-state index in [-0.39, 0.29) is 5.56 Å². The zero-order valence-corrected chi connectivity index (χ0v) is 14.9. The molecule has 7 nitrogen and oxygen atoms in total. The normalized spacial score (nSPS) is 11.2. The average molecular weight is 370 g/mol. The van der Waals surface area contributed by atoms with Gasteiger partial charge < -0.3 is 5.84 Å². The van der Waals surface area contributed by atoms with Crippen LogP contribution < -0.4 is 11.4 Å². The van der Waals surface area contributed by atoms with Crippen molar-refractivity contribution in [3.05, 3.63) is 63.5 Å². The van der Waals surface area contributed by atoms with E-state index in [9.17, 15) is 4.79 Å². The number of aromatic nitrogens is 5. The summed E-state index contributed by atoms with van der Waals surface area (Å²) in [6.07, 6.45) is 1.72. The molecule has 4 aromatic heterocycles. The van der Waals surface area contributed by atoms with E-state index in [1.165, 1.54) is 22.5 Å². The Bertz CT molecular complexity index is 1100. The molecule has 0 atom stereocenters. The van der Waals surface area contributed by atoms with Crippen molar-refractivity contribution in [1.29, 1.82) is 0 Å². The summed E-state index contributed by atoms with van der Waals surface area (Å²) in [6, 6.07) is 9.19. The molecule has 0 saturated carbocycles. The topological polar surface area (TPSA) is 91.1 Å². The van der Waals surface area contributed by atoms with Gasteiger partial charge in [-0.15, -0.1) is 21.5 Å². The quantitative estimate of drug-likeness (QED) is 0.438.